The van der Waals surface area contributed by atoms with Crippen LogP contribution in [0.5, 0.6) is 0 Å². The van der Waals surface area contributed by atoms with Gasteiger partial charge in [-0.3, -0.25) is 4.57 Å². The molecule has 5 heterocycles. The van der Waals surface area contributed by atoms with Gasteiger partial charge in [-0.05, 0) is 58.7 Å². The lowest BCUT2D eigenvalue weighted by atomic mass is 9.94. The number of nitrogens with zero attached hydrogens (tertiary/aromatic N) is 4. The molecule has 57 heavy (non-hydrogen) atoms. The molecule has 4 aromatic heterocycles. The van der Waals surface area contributed by atoms with Gasteiger partial charge in [0.05, 0.1) is 43.7 Å². The number of rotatable bonds is 3. The van der Waals surface area contributed by atoms with Crippen molar-refractivity contribution in [1.29, 1.82) is 0 Å². The lowest BCUT2D eigenvalue weighted by Gasteiger charge is -2.12. The molecule has 264 valence electrons. The molecule has 0 unspecified atom stereocenters. The quantitative estimate of drug-likeness (QED) is 0.181. The summed E-state index contributed by atoms with van der Waals surface area (Å²) in [5.74, 6) is 0.668. The largest absolute Gasteiger partial charge is 0.308 e. The van der Waals surface area contributed by atoms with E-state index >= 15 is 0 Å². The smallest absolute Gasteiger partial charge is 0.235 e. The fourth-order valence-corrected chi connectivity index (χ4v) is 10.6. The van der Waals surface area contributed by atoms with Crippen molar-refractivity contribution in [2.75, 3.05) is 0 Å². The summed E-state index contributed by atoms with van der Waals surface area (Å²) in [5, 5.41) is 5.92. The van der Waals surface area contributed by atoms with Gasteiger partial charge in [-0.2, -0.15) is 0 Å². The predicted octanol–water partition coefficient (Wildman–Crippen LogP) is 14.0. The van der Waals surface area contributed by atoms with Crippen molar-refractivity contribution < 1.29 is 0 Å². The standard InChI is InChI=1S/C52H30N4S/c1-2-14-31(15-3-1)32-16-12-17-33(28-32)48-51-49(40-22-8-11-27-47(40)57-51)54-52(53-48)56-44-26-10-7-21-37(44)41-29-45-42(30-46(41)56)39-24-13-23-38-35-19-5-4-18-34(35)36-20-6-9-25-43(36)55(45)50(38)39/h1-30H. The minimum absolute atomic E-state index is 0.668. The molecule has 1 aliphatic heterocycles. The van der Waals surface area contributed by atoms with Crippen LogP contribution in [0.4, 0.5) is 0 Å². The Morgan fingerprint density at radius 3 is 1.88 bits per heavy atom. The molecule has 0 atom stereocenters. The molecule has 0 saturated carbocycles. The van der Waals surface area contributed by atoms with Crippen molar-refractivity contribution in [2.24, 2.45) is 0 Å². The van der Waals surface area contributed by atoms with E-state index in [-0.39, 0.29) is 0 Å². The van der Waals surface area contributed by atoms with Crippen LogP contribution in [-0.4, -0.2) is 19.1 Å². The third-order valence-electron chi connectivity index (χ3n) is 11.9. The maximum atomic E-state index is 5.56. The first-order valence-corrected chi connectivity index (χ1v) is 20.2. The van der Waals surface area contributed by atoms with Crippen LogP contribution < -0.4 is 0 Å². The highest BCUT2D eigenvalue weighted by molar-refractivity contribution is 7.26. The molecule has 0 radical (unpaired) electrons. The molecule has 1 aliphatic rings. The maximum Gasteiger partial charge on any atom is 0.235 e. The summed E-state index contributed by atoms with van der Waals surface area (Å²) in [4.78, 5) is 11.0. The molecule has 13 rings (SSSR count). The summed E-state index contributed by atoms with van der Waals surface area (Å²) >= 11 is 1.77. The van der Waals surface area contributed by atoms with Crippen molar-refractivity contribution >= 4 is 75.3 Å². The summed E-state index contributed by atoms with van der Waals surface area (Å²) in [6.07, 6.45) is 0. The average Bonchev–Trinajstić information content (AvgIpc) is 3.90. The summed E-state index contributed by atoms with van der Waals surface area (Å²) in [6.45, 7) is 0. The zero-order valence-corrected chi connectivity index (χ0v) is 31.3. The molecule has 0 saturated heterocycles. The SMILES string of the molecule is c1ccc(-c2cccc(-c3nc(-n4c5ccccc5c5cc6c(cc54)c4cccc5c4n6-c4ccccc4-c4ccccc4-5)nc4c3sc3ccccc34)c2)cc1. The number of aromatic nitrogens is 4. The molecule has 0 fully saturated rings. The van der Waals surface area contributed by atoms with E-state index in [2.05, 4.69) is 191 Å². The van der Waals surface area contributed by atoms with Crippen LogP contribution >= 0.6 is 11.3 Å². The normalized spacial score (nSPS) is 12.2. The second-order valence-corrected chi connectivity index (χ2v) is 16.0. The Morgan fingerprint density at radius 1 is 0.386 bits per heavy atom. The van der Waals surface area contributed by atoms with E-state index in [1.165, 1.54) is 70.8 Å². The van der Waals surface area contributed by atoms with Crippen molar-refractivity contribution in [3.05, 3.63) is 182 Å². The third kappa shape index (κ3) is 4.32. The molecule has 8 aromatic carbocycles. The van der Waals surface area contributed by atoms with Gasteiger partial charge in [0, 0.05) is 48.3 Å². The van der Waals surface area contributed by atoms with Crippen molar-refractivity contribution in [3.8, 4) is 56.3 Å². The van der Waals surface area contributed by atoms with Gasteiger partial charge in [0.15, 0.2) is 0 Å². The lowest BCUT2D eigenvalue weighted by molar-refractivity contribution is 1.02. The van der Waals surface area contributed by atoms with E-state index in [1.807, 2.05) is 0 Å². The number of hydrogen-bond donors (Lipinski definition) is 0. The van der Waals surface area contributed by atoms with Crippen LogP contribution in [0, 0.1) is 0 Å². The molecule has 12 aromatic rings. The molecular weight excluding hydrogens is 713 g/mol. The van der Waals surface area contributed by atoms with E-state index < -0.39 is 0 Å². The van der Waals surface area contributed by atoms with Crippen LogP contribution in [0.25, 0.3) is 120 Å². The summed E-state index contributed by atoms with van der Waals surface area (Å²) < 4.78 is 7.09. The van der Waals surface area contributed by atoms with Crippen molar-refractivity contribution in [2.45, 2.75) is 0 Å². The predicted molar refractivity (Wildman–Crippen MR) is 239 cm³/mol. The highest BCUT2D eigenvalue weighted by Crippen LogP contribution is 2.48. The fourth-order valence-electron chi connectivity index (χ4n) is 9.41. The number of benzene rings is 8. The topological polar surface area (TPSA) is 35.6 Å². The Hall–Kier alpha value is -7.34. The Labute approximate surface area is 331 Å². The second-order valence-electron chi connectivity index (χ2n) is 14.9. The first-order valence-electron chi connectivity index (χ1n) is 19.3. The molecule has 0 amide bonds. The van der Waals surface area contributed by atoms with Crippen LogP contribution in [0.1, 0.15) is 0 Å². The molecule has 5 heteroatoms. The van der Waals surface area contributed by atoms with Gasteiger partial charge < -0.3 is 4.57 Å². The van der Waals surface area contributed by atoms with Gasteiger partial charge in [-0.25, -0.2) is 9.97 Å². The van der Waals surface area contributed by atoms with Crippen LogP contribution in [-0.2, 0) is 0 Å². The first kappa shape index (κ1) is 30.9. The van der Waals surface area contributed by atoms with E-state index in [9.17, 15) is 0 Å². The number of thiophene rings is 1. The van der Waals surface area contributed by atoms with Gasteiger partial charge in [-0.1, -0.05) is 146 Å². The minimum Gasteiger partial charge on any atom is -0.308 e. The van der Waals surface area contributed by atoms with Crippen LogP contribution in [0.3, 0.4) is 0 Å². The highest BCUT2D eigenvalue weighted by Gasteiger charge is 2.26. The Kier molecular flexibility index (Phi) is 6.29. The number of hydrogen-bond acceptors (Lipinski definition) is 3. The molecule has 0 aliphatic carbocycles. The third-order valence-corrected chi connectivity index (χ3v) is 13.1. The maximum absolute atomic E-state index is 5.56. The van der Waals surface area contributed by atoms with Crippen LogP contribution in [0.2, 0.25) is 0 Å². The average molecular weight is 743 g/mol. The number of para-hydroxylation sites is 3. The molecule has 0 N–H and O–H groups in total. The Bertz CT molecular complexity index is 3640. The number of fused-ring (bicyclic) bond motifs is 14. The van der Waals surface area contributed by atoms with Gasteiger partial charge in [-0.15, -0.1) is 11.3 Å². The van der Waals surface area contributed by atoms with Gasteiger partial charge in [0.25, 0.3) is 0 Å². The summed E-state index contributed by atoms with van der Waals surface area (Å²) in [6, 6.07) is 65.9. The van der Waals surface area contributed by atoms with Gasteiger partial charge in [0.1, 0.15) is 0 Å². The first-order chi connectivity index (χ1) is 28.3. The Morgan fingerprint density at radius 2 is 1.00 bits per heavy atom. The molecule has 0 bridgehead atoms. The molecular formula is C52H30N4S. The monoisotopic (exact) mass is 742 g/mol. The van der Waals surface area contributed by atoms with E-state index in [0.29, 0.717) is 5.95 Å². The Balaban J connectivity index is 1.14. The van der Waals surface area contributed by atoms with Gasteiger partial charge in [0.2, 0.25) is 5.95 Å². The summed E-state index contributed by atoms with van der Waals surface area (Å²) in [7, 11) is 0. The lowest BCUT2D eigenvalue weighted by Crippen LogP contribution is -2.03. The minimum atomic E-state index is 0.668. The zero-order valence-electron chi connectivity index (χ0n) is 30.5. The van der Waals surface area contributed by atoms with E-state index in [0.717, 1.165) is 43.5 Å². The van der Waals surface area contributed by atoms with E-state index in [4.69, 9.17) is 9.97 Å². The van der Waals surface area contributed by atoms with Gasteiger partial charge >= 0.3 is 0 Å². The van der Waals surface area contributed by atoms with E-state index in [1.54, 1.807) is 11.3 Å². The fraction of sp³-hybridized carbons (Fsp3) is 0. The summed E-state index contributed by atoms with van der Waals surface area (Å²) in [5.41, 5.74) is 16.1. The van der Waals surface area contributed by atoms with Crippen LogP contribution in [0.15, 0.2) is 182 Å². The second kappa shape index (κ2) is 11.6. The zero-order chi connectivity index (χ0) is 37.2. The molecule has 4 nitrogen and oxygen atoms in total. The van der Waals surface area contributed by atoms with Crippen molar-refractivity contribution in [1.82, 2.24) is 19.1 Å². The highest BCUT2D eigenvalue weighted by atomic mass is 32.1. The molecule has 0 spiro atoms. The van der Waals surface area contributed by atoms with Crippen molar-refractivity contribution in [3.63, 3.8) is 0 Å².